The average molecular weight is 296 g/mol. The quantitative estimate of drug-likeness (QED) is 0.849. The van der Waals surface area contributed by atoms with Crippen molar-refractivity contribution in [1.82, 2.24) is 19.4 Å². The summed E-state index contributed by atoms with van der Waals surface area (Å²) in [5.41, 5.74) is 0.790. The van der Waals surface area contributed by atoms with Crippen LogP contribution in [0.15, 0.2) is 0 Å². The van der Waals surface area contributed by atoms with Crippen molar-refractivity contribution >= 4 is 17.6 Å². The molecule has 2 fully saturated rings. The minimum atomic E-state index is -0.304. The number of likely N-dealkylation sites (tertiary alicyclic amines) is 1. The van der Waals surface area contributed by atoms with Crippen molar-refractivity contribution in [3.63, 3.8) is 0 Å². The van der Waals surface area contributed by atoms with Gasteiger partial charge in [0.05, 0.1) is 17.1 Å². The van der Waals surface area contributed by atoms with Gasteiger partial charge in [-0.25, -0.2) is 4.79 Å². The minimum absolute atomic E-state index is 0.200. The van der Waals surface area contributed by atoms with E-state index in [-0.39, 0.29) is 11.7 Å². The Kier molecular flexibility index (Phi) is 3.41. The molecule has 6 nitrogen and oxygen atoms in total. The first-order valence-corrected chi connectivity index (χ1v) is 7.74. The highest BCUT2D eigenvalue weighted by atomic mass is 32.1. The number of carbonyl (C=O) groups excluding carboxylic acids is 1. The number of amides is 1. The predicted molar refractivity (Wildman–Crippen MR) is 75.7 cm³/mol. The third kappa shape index (κ3) is 2.40. The van der Waals surface area contributed by atoms with Gasteiger partial charge < -0.3 is 9.64 Å². The van der Waals surface area contributed by atoms with Gasteiger partial charge >= 0.3 is 6.09 Å². The Hall–Kier alpha value is -1.21. The van der Waals surface area contributed by atoms with Crippen LogP contribution in [0.2, 0.25) is 0 Å². The summed E-state index contributed by atoms with van der Waals surface area (Å²) in [5, 5.41) is 4.22. The summed E-state index contributed by atoms with van der Waals surface area (Å²) in [4.78, 5) is 16.8. The molecule has 1 aromatic heterocycles. The summed E-state index contributed by atoms with van der Waals surface area (Å²) in [7, 11) is 1.80. The maximum absolute atomic E-state index is 11.6. The molecular weight excluding hydrogens is 276 g/mol. The molecule has 2 aliphatic heterocycles. The number of hydrogen-bond donors (Lipinski definition) is 0. The molecule has 3 heterocycles. The maximum Gasteiger partial charge on any atom is 0.410 e. The molecule has 1 amide bonds. The molecule has 2 aliphatic rings. The molecule has 1 aromatic rings. The molecular formula is C13H20N4O2S. The molecule has 110 valence electrons. The van der Waals surface area contributed by atoms with Gasteiger partial charge in [-0.2, -0.15) is 0 Å². The van der Waals surface area contributed by atoms with E-state index in [0.717, 1.165) is 31.7 Å². The number of carbonyl (C=O) groups is 1. The van der Waals surface area contributed by atoms with Crippen LogP contribution in [0, 0.1) is 0 Å². The Bertz CT molecular complexity index is 518. The molecule has 0 bridgehead atoms. The second-order valence-electron chi connectivity index (χ2n) is 6.10. The lowest BCUT2D eigenvalue weighted by Crippen LogP contribution is -2.37. The van der Waals surface area contributed by atoms with E-state index in [0.29, 0.717) is 12.5 Å². The molecule has 7 heteroatoms. The van der Waals surface area contributed by atoms with Gasteiger partial charge in [0.2, 0.25) is 0 Å². The summed E-state index contributed by atoms with van der Waals surface area (Å²) in [6, 6.07) is 0. The van der Waals surface area contributed by atoms with Gasteiger partial charge in [-0.15, -0.1) is 5.10 Å². The fourth-order valence-corrected chi connectivity index (χ4v) is 3.87. The van der Waals surface area contributed by atoms with Crippen LogP contribution in [-0.2, 0) is 11.3 Å². The van der Waals surface area contributed by atoms with Crippen molar-refractivity contribution in [1.29, 1.82) is 0 Å². The van der Waals surface area contributed by atoms with Crippen LogP contribution < -0.4 is 0 Å². The van der Waals surface area contributed by atoms with Gasteiger partial charge in [-0.3, -0.25) is 4.90 Å². The smallest absolute Gasteiger partial charge is 0.410 e. The lowest BCUT2D eigenvalue weighted by atomic mass is 10.0. The van der Waals surface area contributed by atoms with Gasteiger partial charge in [0.25, 0.3) is 0 Å². The molecule has 0 unspecified atom stereocenters. The zero-order chi connectivity index (χ0) is 14.3. The maximum atomic E-state index is 11.6. The van der Waals surface area contributed by atoms with Crippen molar-refractivity contribution in [2.45, 2.75) is 38.3 Å². The van der Waals surface area contributed by atoms with Gasteiger partial charge in [0.15, 0.2) is 0 Å². The van der Waals surface area contributed by atoms with E-state index in [1.54, 1.807) is 11.9 Å². The summed E-state index contributed by atoms with van der Waals surface area (Å²) in [6.45, 7) is 7.59. The summed E-state index contributed by atoms with van der Waals surface area (Å²) < 4.78 is 9.64. The first-order valence-electron chi connectivity index (χ1n) is 6.97. The Balaban J connectivity index is 1.66. The van der Waals surface area contributed by atoms with E-state index in [4.69, 9.17) is 4.74 Å². The average Bonchev–Trinajstić information content (AvgIpc) is 3.03. The number of rotatable bonds is 3. The number of aromatic nitrogens is 2. The Labute approximate surface area is 122 Å². The molecule has 0 radical (unpaired) electrons. The zero-order valence-electron chi connectivity index (χ0n) is 12.1. The largest absolute Gasteiger partial charge is 0.439 e. The highest BCUT2D eigenvalue weighted by Crippen LogP contribution is 2.33. The van der Waals surface area contributed by atoms with E-state index in [9.17, 15) is 4.79 Å². The number of hydrogen-bond acceptors (Lipinski definition) is 6. The van der Waals surface area contributed by atoms with Crippen LogP contribution in [0.25, 0.3) is 0 Å². The van der Waals surface area contributed by atoms with E-state index in [1.165, 1.54) is 16.4 Å². The molecule has 1 atom stereocenters. The van der Waals surface area contributed by atoms with Crippen molar-refractivity contribution < 1.29 is 9.53 Å². The summed E-state index contributed by atoms with van der Waals surface area (Å²) in [5.74, 6) is 0.399. The number of ether oxygens (including phenoxy) is 1. The second-order valence-corrected chi connectivity index (χ2v) is 6.94. The highest BCUT2D eigenvalue weighted by molar-refractivity contribution is 7.05. The first kappa shape index (κ1) is 13.8. The van der Waals surface area contributed by atoms with Crippen molar-refractivity contribution in [3.05, 3.63) is 10.6 Å². The second kappa shape index (κ2) is 4.96. The van der Waals surface area contributed by atoms with Crippen LogP contribution in [0.5, 0.6) is 0 Å². The van der Waals surface area contributed by atoms with Crippen LogP contribution in [0.1, 0.15) is 36.8 Å². The number of nitrogens with zero attached hydrogens (tertiary/aromatic N) is 4. The van der Waals surface area contributed by atoms with E-state index in [2.05, 4.69) is 28.3 Å². The van der Waals surface area contributed by atoms with Crippen molar-refractivity contribution in [2.75, 3.05) is 26.7 Å². The molecule has 2 saturated heterocycles. The fourth-order valence-electron chi connectivity index (χ4n) is 3.03. The Morgan fingerprint density at radius 1 is 1.45 bits per heavy atom. The molecule has 0 saturated carbocycles. The molecule has 20 heavy (non-hydrogen) atoms. The molecule has 0 aromatic carbocycles. The van der Waals surface area contributed by atoms with Gasteiger partial charge in [0.1, 0.15) is 5.60 Å². The van der Waals surface area contributed by atoms with Gasteiger partial charge in [-0.1, -0.05) is 18.3 Å². The van der Waals surface area contributed by atoms with Crippen LogP contribution in [0.4, 0.5) is 4.79 Å². The zero-order valence-corrected chi connectivity index (χ0v) is 12.9. The minimum Gasteiger partial charge on any atom is -0.439 e. The van der Waals surface area contributed by atoms with Crippen LogP contribution in [-0.4, -0.2) is 57.8 Å². The molecule has 1 spiro atoms. The Morgan fingerprint density at radius 2 is 2.25 bits per heavy atom. The lowest BCUT2D eigenvalue weighted by molar-refractivity contribution is 0.0628. The van der Waals surface area contributed by atoms with E-state index < -0.39 is 0 Å². The molecule has 0 N–H and O–H groups in total. The van der Waals surface area contributed by atoms with Crippen molar-refractivity contribution in [2.24, 2.45) is 0 Å². The molecule has 3 rings (SSSR count). The molecule has 0 aliphatic carbocycles. The van der Waals surface area contributed by atoms with Crippen LogP contribution in [0.3, 0.4) is 0 Å². The summed E-state index contributed by atoms with van der Waals surface area (Å²) >= 11 is 1.48. The Morgan fingerprint density at radius 3 is 2.90 bits per heavy atom. The van der Waals surface area contributed by atoms with Crippen molar-refractivity contribution in [3.8, 4) is 0 Å². The number of likely N-dealkylation sites (N-methyl/N-ethyl adjacent to an activating group) is 1. The van der Waals surface area contributed by atoms with Gasteiger partial charge in [-0.05, 0) is 17.5 Å². The lowest BCUT2D eigenvalue weighted by Gasteiger charge is -2.21. The SMILES string of the molecule is CC(C)c1nnsc1CN1CC[C@]2(C1)CN(C)C(=O)O2. The van der Waals surface area contributed by atoms with E-state index in [1.807, 2.05) is 0 Å². The fraction of sp³-hybridized carbons (Fsp3) is 0.769. The topological polar surface area (TPSA) is 58.6 Å². The van der Waals surface area contributed by atoms with Gasteiger partial charge in [0, 0.05) is 33.1 Å². The first-order chi connectivity index (χ1) is 9.49. The third-order valence-corrected chi connectivity index (χ3v) is 4.76. The normalized spacial score (nSPS) is 27.0. The predicted octanol–water partition coefficient (Wildman–Crippen LogP) is 1.69. The van der Waals surface area contributed by atoms with E-state index >= 15 is 0 Å². The monoisotopic (exact) mass is 296 g/mol. The standard InChI is InChI=1S/C13H20N4O2S/c1-9(2)11-10(20-15-14-11)6-17-5-4-13(8-17)7-16(3)12(18)19-13/h9H,4-8H2,1-3H3/t13-/m1/s1. The summed E-state index contributed by atoms with van der Waals surface area (Å²) in [6.07, 6.45) is 0.709. The van der Waals surface area contributed by atoms with Crippen LogP contribution >= 0.6 is 11.5 Å². The third-order valence-electron chi connectivity index (χ3n) is 4.04. The highest BCUT2D eigenvalue weighted by Gasteiger charge is 2.48.